The van der Waals surface area contributed by atoms with Crippen molar-refractivity contribution in [1.29, 1.82) is 0 Å². The maximum atomic E-state index is 12.4. The molecule has 1 fully saturated rings. The maximum Gasteiger partial charge on any atom is 0.326 e. The summed E-state index contributed by atoms with van der Waals surface area (Å²) in [5.74, 6) is 0.850. The van der Waals surface area contributed by atoms with Gasteiger partial charge in [0.15, 0.2) is 0 Å². The van der Waals surface area contributed by atoms with E-state index < -0.39 is 5.54 Å². The van der Waals surface area contributed by atoms with Gasteiger partial charge in [-0.3, -0.25) is 10.1 Å². The molecular formula is C15H29NO2. The van der Waals surface area contributed by atoms with Crippen molar-refractivity contribution in [3.8, 4) is 0 Å². The third kappa shape index (κ3) is 3.05. The number of esters is 1. The third-order valence-corrected chi connectivity index (χ3v) is 4.62. The van der Waals surface area contributed by atoms with Gasteiger partial charge in [-0.05, 0) is 38.5 Å². The molecule has 4 unspecified atom stereocenters. The van der Waals surface area contributed by atoms with Crippen LogP contribution in [0.4, 0.5) is 0 Å². The van der Waals surface area contributed by atoms with Crippen molar-refractivity contribution in [2.75, 3.05) is 6.61 Å². The van der Waals surface area contributed by atoms with Gasteiger partial charge in [0.1, 0.15) is 5.54 Å². The summed E-state index contributed by atoms with van der Waals surface area (Å²) in [5, 5.41) is 3.57. The van der Waals surface area contributed by atoms with Gasteiger partial charge in [-0.25, -0.2) is 0 Å². The molecule has 0 radical (unpaired) electrons. The van der Waals surface area contributed by atoms with Gasteiger partial charge < -0.3 is 4.74 Å². The van der Waals surface area contributed by atoms with Crippen LogP contribution in [0.25, 0.3) is 0 Å². The Morgan fingerprint density at radius 3 is 2.67 bits per heavy atom. The summed E-state index contributed by atoms with van der Waals surface area (Å²) >= 11 is 0. The Hall–Kier alpha value is -0.570. The number of hydrogen-bond donors (Lipinski definition) is 1. The van der Waals surface area contributed by atoms with Crippen molar-refractivity contribution < 1.29 is 9.53 Å². The molecule has 0 amide bonds. The normalized spacial score (nSPS) is 34.1. The van der Waals surface area contributed by atoms with Crippen LogP contribution in [0.15, 0.2) is 0 Å². The molecule has 1 N–H and O–H groups in total. The van der Waals surface area contributed by atoms with Crippen molar-refractivity contribution in [3.63, 3.8) is 0 Å². The van der Waals surface area contributed by atoms with E-state index >= 15 is 0 Å². The van der Waals surface area contributed by atoms with Gasteiger partial charge in [-0.1, -0.05) is 33.6 Å². The summed E-state index contributed by atoms with van der Waals surface area (Å²) in [7, 11) is 0. The minimum absolute atomic E-state index is 0.0515. The van der Waals surface area contributed by atoms with Crippen molar-refractivity contribution in [3.05, 3.63) is 0 Å². The molecule has 0 aliphatic heterocycles. The molecule has 1 rings (SSSR count). The number of nitrogens with one attached hydrogen (secondary N) is 1. The van der Waals surface area contributed by atoms with Gasteiger partial charge in [0.25, 0.3) is 0 Å². The highest BCUT2D eigenvalue weighted by atomic mass is 16.5. The van der Waals surface area contributed by atoms with Crippen molar-refractivity contribution >= 4 is 5.97 Å². The van der Waals surface area contributed by atoms with Crippen LogP contribution in [-0.4, -0.2) is 24.2 Å². The molecule has 3 nitrogen and oxygen atoms in total. The van der Waals surface area contributed by atoms with Crippen LogP contribution in [0.5, 0.6) is 0 Å². The Bertz CT molecular complexity index is 280. The molecular weight excluding hydrogens is 226 g/mol. The Morgan fingerprint density at radius 1 is 1.44 bits per heavy atom. The third-order valence-electron chi connectivity index (χ3n) is 4.62. The molecule has 1 aliphatic rings. The van der Waals surface area contributed by atoms with E-state index in [0.717, 1.165) is 19.3 Å². The molecule has 0 aromatic rings. The first-order valence-corrected chi connectivity index (χ1v) is 7.42. The molecule has 0 bridgehead atoms. The minimum Gasteiger partial charge on any atom is -0.465 e. The Labute approximate surface area is 112 Å². The number of hydrogen-bond acceptors (Lipinski definition) is 3. The molecule has 3 heteroatoms. The first-order valence-electron chi connectivity index (χ1n) is 7.42. The largest absolute Gasteiger partial charge is 0.465 e. The molecule has 0 saturated heterocycles. The van der Waals surface area contributed by atoms with Crippen LogP contribution in [0.1, 0.15) is 60.3 Å². The van der Waals surface area contributed by atoms with Gasteiger partial charge in [0, 0.05) is 6.04 Å². The van der Waals surface area contributed by atoms with Crippen LogP contribution in [0, 0.1) is 11.8 Å². The summed E-state index contributed by atoms with van der Waals surface area (Å²) in [6.07, 6.45) is 4.25. The molecule has 0 heterocycles. The fourth-order valence-electron chi connectivity index (χ4n) is 3.02. The molecule has 4 atom stereocenters. The van der Waals surface area contributed by atoms with Crippen molar-refractivity contribution in [2.24, 2.45) is 11.8 Å². The van der Waals surface area contributed by atoms with Crippen molar-refractivity contribution in [1.82, 2.24) is 5.32 Å². The maximum absolute atomic E-state index is 12.4. The first-order chi connectivity index (χ1) is 8.47. The lowest BCUT2D eigenvalue weighted by atomic mass is 9.68. The predicted octanol–water partition coefficient (Wildman–Crippen LogP) is 3.13. The van der Waals surface area contributed by atoms with Crippen LogP contribution in [0.3, 0.4) is 0 Å². The smallest absolute Gasteiger partial charge is 0.326 e. The highest BCUT2D eigenvalue weighted by molar-refractivity contribution is 5.81. The lowest BCUT2D eigenvalue weighted by molar-refractivity contribution is -0.157. The van der Waals surface area contributed by atoms with Crippen LogP contribution >= 0.6 is 0 Å². The number of carbonyl (C=O) groups excluding carboxylic acids is 1. The van der Waals surface area contributed by atoms with Gasteiger partial charge in [0.05, 0.1) is 6.61 Å². The SMILES string of the molecule is CCOC(=O)C1(NC(C)CC)CCCC(C)C1C. The fourth-order valence-corrected chi connectivity index (χ4v) is 3.02. The van der Waals surface area contributed by atoms with E-state index in [1.807, 2.05) is 6.92 Å². The molecule has 18 heavy (non-hydrogen) atoms. The van der Waals surface area contributed by atoms with E-state index in [0.29, 0.717) is 24.5 Å². The average Bonchev–Trinajstić information content (AvgIpc) is 2.35. The fraction of sp³-hybridized carbons (Fsp3) is 0.933. The Balaban J connectivity index is 2.95. The summed E-state index contributed by atoms with van der Waals surface area (Å²) in [4.78, 5) is 12.4. The molecule has 1 aliphatic carbocycles. The van der Waals surface area contributed by atoms with E-state index in [4.69, 9.17) is 4.74 Å². The second-order valence-electron chi connectivity index (χ2n) is 5.80. The van der Waals surface area contributed by atoms with Gasteiger partial charge in [0.2, 0.25) is 0 Å². The predicted molar refractivity (Wildman–Crippen MR) is 74.4 cm³/mol. The van der Waals surface area contributed by atoms with E-state index in [9.17, 15) is 4.79 Å². The lowest BCUT2D eigenvalue weighted by Crippen LogP contribution is -2.62. The zero-order chi connectivity index (χ0) is 13.8. The Kier molecular flexibility index (Phi) is 5.64. The standard InChI is InChI=1S/C15H29NO2/c1-6-12(4)16-15(14(17)18-7-2)10-8-9-11(3)13(15)5/h11-13,16H,6-10H2,1-5H3. The van der Waals surface area contributed by atoms with E-state index in [1.54, 1.807) is 0 Å². The van der Waals surface area contributed by atoms with Gasteiger partial charge in [-0.15, -0.1) is 0 Å². The molecule has 106 valence electrons. The molecule has 0 spiro atoms. The Morgan fingerprint density at radius 2 is 2.11 bits per heavy atom. The average molecular weight is 255 g/mol. The molecule has 0 aromatic heterocycles. The summed E-state index contributed by atoms with van der Waals surface area (Å²) in [6.45, 7) is 11.1. The zero-order valence-electron chi connectivity index (χ0n) is 12.6. The lowest BCUT2D eigenvalue weighted by Gasteiger charge is -2.45. The molecule has 1 saturated carbocycles. The van der Waals surface area contributed by atoms with E-state index in [-0.39, 0.29) is 5.97 Å². The second-order valence-corrected chi connectivity index (χ2v) is 5.80. The topological polar surface area (TPSA) is 38.3 Å². The number of carbonyl (C=O) groups is 1. The van der Waals surface area contributed by atoms with E-state index in [1.165, 1.54) is 6.42 Å². The van der Waals surface area contributed by atoms with E-state index in [2.05, 4.69) is 33.0 Å². The number of rotatable bonds is 5. The highest BCUT2D eigenvalue weighted by Gasteiger charge is 2.48. The van der Waals surface area contributed by atoms with Gasteiger partial charge in [-0.2, -0.15) is 0 Å². The minimum atomic E-state index is -0.469. The zero-order valence-corrected chi connectivity index (χ0v) is 12.6. The van der Waals surface area contributed by atoms with Crippen LogP contribution in [-0.2, 0) is 9.53 Å². The van der Waals surface area contributed by atoms with Crippen LogP contribution < -0.4 is 5.32 Å². The van der Waals surface area contributed by atoms with Crippen molar-refractivity contribution in [2.45, 2.75) is 71.9 Å². The second kappa shape index (κ2) is 6.55. The highest BCUT2D eigenvalue weighted by Crippen LogP contribution is 2.39. The summed E-state index contributed by atoms with van der Waals surface area (Å²) in [6, 6.07) is 0.349. The quantitative estimate of drug-likeness (QED) is 0.767. The number of ether oxygens (including phenoxy) is 1. The molecule has 0 aromatic carbocycles. The summed E-state index contributed by atoms with van der Waals surface area (Å²) in [5.41, 5.74) is -0.469. The first kappa shape index (κ1) is 15.5. The van der Waals surface area contributed by atoms with Gasteiger partial charge >= 0.3 is 5.97 Å². The van der Waals surface area contributed by atoms with Crippen LogP contribution in [0.2, 0.25) is 0 Å². The monoisotopic (exact) mass is 255 g/mol. The summed E-state index contributed by atoms with van der Waals surface area (Å²) < 4.78 is 5.35.